The Hall–Kier alpha value is -3.09. The maximum absolute atomic E-state index is 12.3. The van der Waals surface area contributed by atoms with Crippen LogP contribution in [0.4, 0.5) is 5.82 Å². The van der Waals surface area contributed by atoms with E-state index >= 15 is 0 Å². The lowest BCUT2D eigenvalue weighted by molar-refractivity contribution is 0.0921. The Labute approximate surface area is 139 Å². The quantitative estimate of drug-likeness (QED) is 0.749. The summed E-state index contributed by atoms with van der Waals surface area (Å²) in [6, 6.07) is 7.27. The number of amides is 1. The van der Waals surface area contributed by atoms with Crippen molar-refractivity contribution in [2.24, 2.45) is 0 Å². The van der Waals surface area contributed by atoms with Gasteiger partial charge >= 0.3 is 0 Å². The molecule has 0 saturated carbocycles. The van der Waals surface area contributed by atoms with Crippen molar-refractivity contribution >= 4 is 11.7 Å². The summed E-state index contributed by atoms with van der Waals surface area (Å²) in [5, 5.41) is 2.86. The summed E-state index contributed by atoms with van der Waals surface area (Å²) in [5.41, 5.74) is 0.945. The molecule has 0 atom stereocenters. The Morgan fingerprint density at radius 1 is 1.29 bits per heavy atom. The second kappa shape index (κ2) is 6.99. The average Bonchev–Trinajstić information content (AvgIpc) is 3.25. The Bertz CT molecular complexity index is 808. The minimum Gasteiger partial charge on any atom is -0.454 e. The van der Waals surface area contributed by atoms with Crippen molar-refractivity contribution in [1.82, 2.24) is 19.9 Å². The fraction of sp³-hybridized carbons (Fsp3) is 0.235. The van der Waals surface area contributed by atoms with Crippen molar-refractivity contribution in [3.63, 3.8) is 0 Å². The van der Waals surface area contributed by atoms with Gasteiger partial charge in [-0.05, 0) is 18.2 Å². The number of furan rings is 1. The molecule has 1 amide bonds. The zero-order valence-electron chi connectivity index (χ0n) is 13.6. The second-order valence-corrected chi connectivity index (χ2v) is 5.56. The number of hydrogen-bond acceptors (Lipinski definition) is 5. The third-order valence-electron chi connectivity index (χ3n) is 3.51. The SMILES string of the molecule is CN(C)c1ncccc1CNC(=O)c1ccc(Cn2ccnc2)o1. The highest BCUT2D eigenvalue weighted by Gasteiger charge is 2.13. The highest BCUT2D eigenvalue weighted by Crippen LogP contribution is 2.15. The van der Waals surface area contributed by atoms with Crippen LogP contribution < -0.4 is 10.2 Å². The predicted octanol–water partition coefficient (Wildman–Crippen LogP) is 1.92. The number of carbonyl (C=O) groups is 1. The van der Waals surface area contributed by atoms with Crippen LogP contribution in [0.25, 0.3) is 0 Å². The van der Waals surface area contributed by atoms with Gasteiger partial charge in [-0.3, -0.25) is 4.79 Å². The van der Waals surface area contributed by atoms with Crippen molar-refractivity contribution in [2.75, 3.05) is 19.0 Å². The third kappa shape index (κ3) is 3.62. The summed E-state index contributed by atoms with van der Waals surface area (Å²) >= 11 is 0. The predicted molar refractivity (Wildman–Crippen MR) is 89.8 cm³/mol. The van der Waals surface area contributed by atoms with Crippen LogP contribution in [0.1, 0.15) is 21.9 Å². The summed E-state index contributed by atoms with van der Waals surface area (Å²) in [6.07, 6.45) is 6.98. The Morgan fingerprint density at radius 3 is 2.92 bits per heavy atom. The minimum absolute atomic E-state index is 0.250. The highest BCUT2D eigenvalue weighted by atomic mass is 16.4. The van der Waals surface area contributed by atoms with Crippen LogP contribution in [-0.4, -0.2) is 34.5 Å². The number of hydrogen-bond donors (Lipinski definition) is 1. The molecule has 24 heavy (non-hydrogen) atoms. The number of pyridine rings is 1. The van der Waals surface area contributed by atoms with Gasteiger partial charge in [0.2, 0.25) is 0 Å². The molecule has 0 aliphatic heterocycles. The van der Waals surface area contributed by atoms with Crippen LogP contribution in [0.5, 0.6) is 0 Å². The molecule has 0 aliphatic carbocycles. The first-order chi connectivity index (χ1) is 11.6. The van der Waals surface area contributed by atoms with Crippen molar-refractivity contribution in [2.45, 2.75) is 13.1 Å². The zero-order valence-corrected chi connectivity index (χ0v) is 13.6. The molecule has 3 heterocycles. The van der Waals surface area contributed by atoms with Gasteiger partial charge in [0, 0.05) is 44.8 Å². The van der Waals surface area contributed by atoms with Crippen molar-refractivity contribution in [1.29, 1.82) is 0 Å². The largest absolute Gasteiger partial charge is 0.454 e. The molecule has 0 spiro atoms. The number of aromatic nitrogens is 3. The van der Waals surface area contributed by atoms with Gasteiger partial charge in [0.15, 0.2) is 5.76 Å². The van der Waals surface area contributed by atoms with Crippen LogP contribution >= 0.6 is 0 Å². The normalized spacial score (nSPS) is 10.6. The smallest absolute Gasteiger partial charge is 0.287 e. The van der Waals surface area contributed by atoms with E-state index < -0.39 is 0 Å². The molecule has 0 saturated heterocycles. The molecular weight excluding hydrogens is 306 g/mol. The van der Waals surface area contributed by atoms with Crippen LogP contribution in [0, 0.1) is 0 Å². The fourth-order valence-corrected chi connectivity index (χ4v) is 2.38. The first-order valence-corrected chi connectivity index (χ1v) is 7.57. The highest BCUT2D eigenvalue weighted by molar-refractivity contribution is 5.91. The van der Waals surface area contributed by atoms with E-state index in [1.54, 1.807) is 30.9 Å². The maximum atomic E-state index is 12.3. The topological polar surface area (TPSA) is 76.2 Å². The first kappa shape index (κ1) is 15.8. The number of nitrogens with zero attached hydrogens (tertiary/aromatic N) is 4. The molecular formula is C17H19N5O2. The third-order valence-corrected chi connectivity index (χ3v) is 3.51. The summed E-state index contributed by atoms with van der Waals surface area (Å²) in [6.45, 7) is 0.929. The fourth-order valence-electron chi connectivity index (χ4n) is 2.38. The van der Waals surface area contributed by atoms with Gasteiger partial charge in [-0.1, -0.05) is 6.07 Å². The van der Waals surface area contributed by atoms with Gasteiger partial charge < -0.3 is 19.2 Å². The summed E-state index contributed by atoms with van der Waals surface area (Å²) in [4.78, 5) is 22.5. The number of anilines is 1. The van der Waals surface area contributed by atoms with Crippen LogP contribution in [-0.2, 0) is 13.1 Å². The summed E-state index contributed by atoms with van der Waals surface area (Å²) in [5.74, 6) is 1.58. The zero-order chi connectivity index (χ0) is 16.9. The molecule has 7 heteroatoms. The Kier molecular flexibility index (Phi) is 4.60. The van der Waals surface area contributed by atoms with Crippen molar-refractivity contribution in [3.05, 3.63) is 66.3 Å². The molecule has 0 unspecified atom stereocenters. The lowest BCUT2D eigenvalue weighted by Gasteiger charge is -2.15. The number of imidazole rings is 1. The van der Waals surface area contributed by atoms with E-state index in [1.165, 1.54) is 0 Å². The summed E-state index contributed by atoms with van der Waals surface area (Å²) < 4.78 is 7.47. The molecule has 7 nitrogen and oxygen atoms in total. The molecule has 124 valence electrons. The maximum Gasteiger partial charge on any atom is 0.287 e. The monoisotopic (exact) mass is 325 g/mol. The molecule has 3 aromatic rings. The van der Waals surface area contributed by atoms with E-state index in [4.69, 9.17) is 4.42 Å². The van der Waals surface area contributed by atoms with E-state index in [-0.39, 0.29) is 5.91 Å². The van der Waals surface area contributed by atoms with E-state index in [1.807, 2.05) is 41.9 Å². The molecule has 0 bridgehead atoms. The second-order valence-electron chi connectivity index (χ2n) is 5.56. The minimum atomic E-state index is -0.250. The lowest BCUT2D eigenvalue weighted by Crippen LogP contribution is -2.24. The Balaban J connectivity index is 1.63. The molecule has 3 aromatic heterocycles. The summed E-state index contributed by atoms with van der Waals surface area (Å²) in [7, 11) is 3.84. The van der Waals surface area contributed by atoms with Gasteiger partial charge in [0.25, 0.3) is 5.91 Å². The molecule has 0 aliphatic rings. The van der Waals surface area contributed by atoms with Gasteiger partial charge in [-0.25, -0.2) is 9.97 Å². The van der Waals surface area contributed by atoms with Crippen molar-refractivity contribution < 1.29 is 9.21 Å². The van der Waals surface area contributed by atoms with Crippen LogP contribution in [0.2, 0.25) is 0 Å². The van der Waals surface area contributed by atoms with Crippen molar-refractivity contribution in [3.8, 4) is 0 Å². The number of rotatable bonds is 6. The molecule has 3 rings (SSSR count). The van der Waals surface area contributed by atoms with E-state index in [2.05, 4.69) is 15.3 Å². The number of nitrogens with one attached hydrogen (secondary N) is 1. The molecule has 0 radical (unpaired) electrons. The molecule has 0 aromatic carbocycles. The number of carbonyl (C=O) groups excluding carboxylic acids is 1. The van der Waals surface area contributed by atoms with Gasteiger partial charge in [-0.15, -0.1) is 0 Å². The lowest BCUT2D eigenvalue weighted by atomic mass is 10.2. The first-order valence-electron chi connectivity index (χ1n) is 7.57. The van der Waals surface area contributed by atoms with Gasteiger partial charge in [0.05, 0.1) is 12.9 Å². The molecule has 1 N–H and O–H groups in total. The molecule has 0 fully saturated rings. The van der Waals surface area contributed by atoms with Crippen LogP contribution in [0.15, 0.2) is 53.6 Å². The van der Waals surface area contributed by atoms with Crippen LogP contribution in [0.3, 0.4) is 0 Å². The van der Waals surface area contributed by atoms with E-state index in [0.29, 0.717) is 24.6 Å². The van der Waals surface area contributed by atoms with Gasteiger partial charge in [0.1, 0.15) is 11.6 Å². The van der Waals surface area contributed by atoms with E-state index in [9.17, 15) is 4.79 Å². The van der Waals surface area contributed by atoms with Gasteiger partial charge in [-0.2, -0.15) is 0 Å². The average molecular weight is 325 g/mol. The van der Waals surface area contributed by atoms with E-state index in [0.717, 1.165) is 11.4 Å². The Morgan fingerprint density at radius 2 is 2.17 bits per heavy atom. The standard InChI is InChI=1S/C17H19N5O2/c1-21(2)16-13(4-3-7-19-16)10-20-17(23)15-6-5-14(24-15)11-22-9-8-18-12-22/h3-9,12H,10-11H2,1-2H3,(H,20,23).